The van der Waals surface area contributed by atoms with Crippen molar-refractivity contribution in [3.8, 4) is 0 Å². The topological polar surface area (TPSA) is 93.0 Å². The molecule has 0 spiro atoms. The summed E-state index contributed by atoms with van der Waals surface area (Å²) in [7, 11) is 3.02. The summed E-state index contributed by atoms with van der Waals surface area (Å²) in [5.41, 5.74) is -0.758. The average Bonchev–Trinajstić information content (AvgIpc) is 2.49. The number of aliphatic hydroxyl groups is 1. The highest BCUT2D eigenvalue weighted by atomic mass is 16.7. The minimum Gasteiger partial charge on any atom is -0.351 e. The molecule has 0 aliphatic rings. The van der Waals surface area contributed by atoms with Crippen LogP contribution in [0.4, 0.5) is 10.5 Å². The van der Waals surface area contributed by atoms with Crippen molar-refractivity contribution in [1.29, 1.82) is 0 Å². The Kier molecular flexibility index (Phi) is 5.34. The van der Waals surface area contributed by atoms with Crippen LogP contribution < -0.4 is 15.7 Å². The molecule has 8 nitrogen and oxygen atoms in total. The van der Waals surface area contributed by atoms with E-state index >= 15 is 0 Å². The first-order valence-corrected chi connectivity index (χ1v) is 7.75. The van der Waals surface area contributed by atoms with Crippen molar-refractivity contribution in [1.82, 2.24) is 9.63 Å². The zero-order chi connectivity index (χ0) is 18.8. The molecular weight excluding hydrogens is 326 g/mol. The smallest absolute Gasteiger partial charge is 0.351 e. The first-order valence-electron chi connectivity index (χ1n) is 7.75. The summed E-state index contributed by atoms with van der Waals surface area (Å²) < 4.78 is 6.24. The van der Waals surface area contributed by atoms with Gasteiger partial charge in [0.15, 0.2) is 0 Å². The van der Waals surface area contributed by atoms with Crippen LogP contribution in [0, 0.1) is 0 Å². The monoisotopic (exact) mass is 349 g/mol. The number of para-hydroxylation sites is 1. The number of nitrogens with zero attached hydrogens (tertiary/aromatic N) is 2. The highest BCUT2D eigenvalue weighted by Crippen LogP contribution is 2.17. The van der Waals surface area contributed by atoms with E-state index in [-0.39, 0.29) is 5.69 Å². The van der Waals surface area contributed by atoms with Gasteiger partial charge in [-0.15, -0.1) is 4.73 Å². The molecule has 1 aromatic carbocycles. The number of fused-ring (bicyclic) bond motifs is 1. The fraction of sp³-hybridized carbons (Fsp3) is 0.412. The van der Waals surface area contributed by atoms with Gasteiger partial charge in [-0.1, -0.05) is 18.2 Å². The number of hydrogen-bond acceptors (Lipinski definition) is 6. The third-order valence-electron chi connectivity index (χ3n) is 3.15. The Morgan fingerprint density at radius 2 is 1.92 bits per heavy atom. The van der Waals surface area contributed by atoms with E-state index in [2.05, 4.69) is 5.32 Å². The summed E-state index contributed by atoms with van der Waals surface area (Å²) >= 11 is 0. The molecule has 25 heavy (non-hydrogen) atoms. The number of benzene rings is 1. The van der Waals surface area contributed by atoms with Crippen molar-refractivity contribution < 1.29 is 19.5 Å². The first kappa shape index (κ1) is 18.8. The van der Waals surface area contributed by atoms with E-state index in [0.717, 1.165) is 4.73 Å². The molecule has 1 amide bonds. The Labute approximate surface area is 145 Å². The summed E-state index contributed by atoms with van der Waals surface area (Å²) in [5, 5.41) is 13.2. The van der Waals surface area contributed by atoms with Crippen LogP contribution in [0.1, 0.15) is 20.8 Å². The predicted octanol–water partition coefficient (Wildman–Crippen LogP) is 1.61. The molecule has 0 bridgehead atoms. The molecule has 0 saturated carbocycles. The Bertz CT molecular complexity index is 823. The lowest BCUT2D eigenvalue weighted by molar-refractivity contribution is -0.148. The summed E-state index contributed by atoms with van der Waals surface area (Å²) in [6, 6.07) is 8.50. The van der Waals surface area contributed by atoms with Crippen LogP contribution in [0.15, 0.2) is 35.1 Å². The molecule has 0 aliphatic heterocycles. The largest absolute Gasteiger partial charge is 0.434 e. The van der Waals surface area contributed by atoms with Crippen LogP contribution in [-0.2, 0) is 4.74 Å². The predicted molar refractivity (Wildman–Crippen MR) is 94.3 cm³/mol. The van der Waals surface area contributed by atoms with Gasteiger partial charge in [0, 0.05) is 19.5 Å². The molecule has 0 aliphatic carbocycles. The van der Waals surface area contributed by atoms with E-state index in [0.29, 0.717) is 10.9 Å². The highest BCUT2D eigenvalue weighted by Gasteiger charge is 2.20. The lowest BCUT2D eigenvalue weighted by atomic mass is 10.2. The van der Waals surface area contributed by atoms with Crippen LogP contribution in [0.5, 0.6) is 0 Å². The molecule has 0 saturated heterocycles. The molecule has 8 heteroatoms. The van der Waals surface area contributed by atoms with Crippen LogP contribution in [0.25, 0.3) is 10.9 Å². The second-order valence-electron chi connectivity index (χ2n) is 6.69. The van der Waals surface area contributed by atoms with Crippen molar-refractivity contribution >= 4 is 22.7 Å². The Morgan fingerprint density at radius 3 is 2.52 bits per heavy atom. The second kappa shape index (κ2) is 7.12. The Balaban J connectivity index is 2.46. The third-order valence-corrected chi connectivity index (χ3v) is 3.15. The number of nitrogens with one attached hydrogen (secondary N) is 1. The minimum atomic E-state index is -1.40. The van der Waals surface area contributed by atoms with Crippen LogP contribution in [-0.4, -0.2) is 46.9 Å². The summed E-state index contributed by atoms with van der Waals surface area (Å²) in [6.07, 6.45) is -2.09. The molecule has 2 N–H and O–H groups in total. The van der Waals surface area contributed by atoms with Crippen molar-refractivity contribution in [3.63, 3.8) is 0 Å². The fourth-order valence-corrected chi connectivity index (χ4v) is 2.08. The second-order valence-corrected chi connectivity index (χ2v) is 6.69. The molecule has 2 rings (SSSR count). The third kappa shape index (κ3) is 4.71. The normalized spacial score (nSPS) is 12.7. The zero-order valence-corrected chi connectivity index (χ0v) is 14.9. The van der Waals surface area contributed by atoms with Gasteiger partial charge in [-0.3, -0.25) is 4.79 Å². The van der Waals surface area contributed by atoms with Gasteiger partial charge >= 0.3 is 11.7 Å². The van der Waals surface area contributed by atoms with Crippen molar-refractivity contribution in [3.05, 3.63) is 40.7 Å². The van der Waals surface area contributed by atoms with Gasteiger partial charge in [0.25, 0.3) is 0 Å². The number of aromatic nitrogens is 1. The molecule has 1 heterocycles. The lowest BCUT2D eigenvalue weighted by Gasteiger charge is -2.25. The van der Waals surface area contributed by atoms with Crippen molar-refractivity contribution in [2.75, 3.05) is 19.4 Å². The maximum absolute atomic E-state index is 12.7. The highest BCUT2D eigenvalue weighted by molar-refractivity contribution is 5.82. The number of amides is 1. The van der Waals surface area contributed by atoms with Gasteiger partial charge in [0.1, 0.15) is 5.69 Å². The number of pyridine rings is 1. The summed E-state index contributed by atoms with van der Waals surface area (Å²) in [6.45, 7) is 5.32. The Hall–Kier alpha value is -2.58. The number of carbonyl (C=O) groups is 1. The standard InChI is InChI=1S/C17H23N3O5/c1-17(2,3)24-15(22)18-12-10-11-8-6-7-9-13(11)20(14(12)21)25-16(23)19(4)5/h6-10,15,18,22H,1-5H3. The molecule has 0 radical (unpaired) electrons. The van der Waals surface area contributed by atoms with Crippen LogP contribution in [0.2, 0.25) is 0 Å². The number of hydrogen-bond donors (Lipinski definition) is 2. The maximum Gasteiger partial charge on any atom is 0.434 e. The van der Waals surface area contributed by atoms with Crippen molar-refractivity contribution in [2.45, 2.75) is 32.8 Å². The molecule has 0 fully saturated rings. The number of ether oxygens (including phenoxy) is 1. The molecule has 2 aromatic rings. The molecule has 136 valence electrons. The van der Waals surface area contributed by atoms with Crippen molar-refractivity contribution in [2.24, 2.45) is 0 Å². The summed E-state index contributed by atoms with van der Waals surface area (Å²) in [4.78, 5) is 30.9. The van der Waals surface area contributed by atoms with Gasteiger partial charge in [-0.05, 0) is 32.9 Å². The van der Waals surface area contributed by atoms with Gasteiger partial charge in [-0.25, -0.2) is 4.79 Å². The fourth-order valence-electron chi connectivity index (χ4n) is 2.08. The van der Waals surface area contributed by atoms with E-state index in [4.69, 9.17) is 9.57 Å². The van der Waals surface area contributed by atoms with Gasteiger partial charge in [0.05, 0.1) is 11.1 Å². The quantitative estimate of drug-likeness (QED) is 0.815. The minimum absolute atomic E-state index is 0.0435. The van der Waals surface area contributed by atoms with E-state index in [1.54, 1.807) is 51.1 Å². The number of aliphatic hydroxyl groups excluding tert-OH is 1. The molecule has 1 unspecified atom stereocenters. The average molecular weight is 349 g/mol. The van der Waals surface area contributed by atoms with Gasteiger partial charge < -0.3 is 24.9 Å². The zero-order valence-electron chi connectivity index (χ0n) is 14.9. The molecule has 1 atom stereocenters. The molecule has 1 aromatic heterocycles. The summed E-state index contributed by atoms with van der Waals surface area (Å²) in [5.74, 6) is 0. The van der Waals surface area contributed by atoms with Gasteiger partial charge in [0.2, 0.25) is 6.41 Å². The van der Waals surface area contributed by atoms with E-state index < -0.39 is 23.7 Å². The SMILES string of the molecule is CN(C)C(=O)On1c(=O)c(NC(O)OC(C)(C)C)cc2ccccc21. The van der Waals surface area contributed by atoms with E-state index in [1.807, 2.05) is 0 Å². The number of anilines is 1. The van der Waals surface area contributed by atoms with E-state index in [9.17, 15) is 14.7 Å². The first-order chi connectivity index (χ1) is 11.6. The number of carbonyl (C=O) groups excluding carboxylic acids is 1. The van der Waals surface area contributed by atoms with Crippen LogP contribution >= 0.6 is 0 Å². The number of rotatable bonds is 4. The molecular formula is C17H23N3O5. The van der Waals surface area contributed by atoms with Crippen LogP contribution in [0.3, 0.4) is 0 Å². The lowest BCUT2D eigenvalue weighted by Crippen LogP contribution is -2.39. The maximum atomic E-state index is 12.7. The Morgan fingerprint density at radius 1 is 1.28 bits per heavy atom. The van der Waals surface area contributed by atoms with E-state index in [1.165, 1.54) is 19.0 Å². The van der Waals surface area contributed by atoms with Gasteiger partial charge in [-0.2, -0.15) is 0 Å².